The van der Waals surface area contributed by atoms with Gasteiger partial charge in [0.15, 0.2) is 0 Å². The second-order valence-corrected chi connectivity index (χ2v) is 3.59. The molecule has 0 spiro atoms. The van der Waals surface area contributed by atoms with E-state index in [0.29, 0.717) is 6.54 Å². The monoisotopic (exact) mass is 223 g/mol. The van der Waals surface area contributed by atoms with Crippen LogP contribution in [-0.4, -0.2) is 31.5 Å². The Balaban J connectivity index is 2.49. The highest BCUT2D eigenvalue weighted by molar-refractivity contribution is 5.77. The van der Waals surface area contributed by atoms with Crippen LogP contribution in [0.1, 0.15) is 5.56 Å². The lowest BCUT2D eigenvalue weighted by Gasteiger charge is -2.15. The minimum absolute atomic E-state index is 0.198. The zero-order chi connectivity index (χ0) is 12.0. The number of carbonyl (C=O) groups is 1. The van der Waals surface area contributed by atoms with Crippen LogP contribution in [0, 0.1) is 0 Å². The van der Waals surface area contributed by atoms with E-state index in [0.717, 1.165) is 11.3 Å². The van der Waals surface area contributed by atoms with E-state index in [1.165, 1.54) is 0 Å². The van der Waals surface area contributed by atoms with E-state index in [9.17, 15) is 4.79 Å². The van der Waals surface area contributed by atoms with Crippen LogP contribution in [0.3, 0.4) is 0 Å². The molecule has 3 N–H and O–H groups in total. The Morgan fingerprint density at radius 2 is 2.06 bits per heavy atom. The Morgan fingerprint density at radius 1 is 1.44 bits per heavy atom. The van der Waals surface area contributed by atoms with Crippen LogP contribution in [0.25, 0.3) is 0 Å². The fraction of sp³-hybridized carbons (Fsp3) is 0.364. The van der Waals surface area contributed by atoms with Gasteiger partial charge in [-0.2, -0.15) is 0 Å². The lowest BCUT2D eigenvalue weighted by molar-refractivity contribution is -0.122. The van der Waals surface area contributed by atoms with E-state index in [4.69, 9.17) is 10.6 Å². The maximum absolute atomic E-state index is 11.0. The largest absolute Gasteiger partial charge is 0.497 e. The fourth-order valence-corrected chi connectivity index (χ4v) is 1.39. The van der Waals surface area contributed by atoms with Gasteiger partial charge in [-0.05, 0) is 24.7 Å². The molecule has 0 aromatic heterocycles. The minimum Gasteiger partial charge on any atom is -0.497 e. The highest BCUT2D eigenvalue weighted by Gasteiger charge is 2.05. The molecule has 0 saturated heterocycles. The van der Waals surface area contributed by atoms with Crippen molar-refractivity contribution in [1.29, 1.82) is 0 Å². The summed E-state index contributed by atoms with van der Waals surface area (Å²) in [5.74, 6) is 5.64. The molecule has 88 valence electrons. The van der Waals surface area contributed by atoms with Crippen molar-refractivity contribution in [3.8, 4) is 5.75 Å². The van der Waals surface area contributed by atoms with E-state index >= 15 is 0 Å². The number of methoxy groups -OCH3 is 1. The number of hydrazine groups is 1. The van der Waals surface area contributed by atoms with Gasteiger partial charge in [-0.1, -0.05) is 12.1 Å². The smallest absolute Gasteiger partial charge is 0.248 e. The average Bonchev–Trinajstić information content (AvgIpc) is 2.29. The van der Waals surface area contributed by atoms with Crippen molar-refractivity contribution < 1.29 is 9.53 Å². The molecule has 1 aromatic rings. The lowest BCUT2D eigenvalue weighted by atomic mass is 10.2. The molecule has 16 heavy (non-hydrogen) atoms. The number of hydrogen-bond acceptors (Lipinski definition) is 4. The third-order valence-corrected chi connectivity index (χ3v) is 2.19. The molecule has 0 aliphatic rings. The van der Waals surface area contributed by atoms with Crippen LogP contribution in [0.2, 0.25) is 0 Å². The Bertz CT molecular complexity index is 338. The van der Waals surface area contributed by atoms with Crippen LogP contribution in [-0.2, 0) is 11.3 Å². The number of nitrogens with two attached hydrogens (primary N) is 1. The van der Waals surface area contributed by atoms with Crippen molar-refractivity contribution in [3.05, 3.63) is 29.8 Å². The Morgan fingerprint density at radius 3 is 2.56 bits per heavy atom. The van der Waals surface area contributed by atoms with E-state index in [1.807, 2.05) is 36.2 Å². The first-order valence-corrected chi connectivity index (χ1v) is 4.96. The van der Waals surface area contributed by atoms with Gasteiger partial charge in [0.1, 0.15) is 5.75 Å². The molecule has 1 amide bonds. The fourth-order valence-electron chi connectivity index (χ4n) is 1.39. The van der Waals surface area contributed by atoms with Gasteiger partial charge in [-0.25, -0.2) is 5.84 Å². The van der Waals surface area contributed by atoms with E-state index in [2.05, 4.69) is 5.43 Å². The van der Waals surface area contributed by atoms with Gasteiger partial charge in [-0.3, -0.25) is 15.1 Å². The molecule has 0 unspecified atom stereocenters. The van der Waals surface area contributed by atoms with Gasteiger partial charge in [0.25, 0.3) is 0 Å². The Labute approximate surface area is 95.2 Å². The molecule has 0 atom stereocenters. The maximum Gasteiger partial charge on any atom is 0.248 e. The Hall–Kier alpha value is -1.59. The average molecular weight is 223 g/mol. The predicted octanol–water partition coefficient (Wildman–Crippen LogP) is 0.117. The van der Waals surface area contributed by atoms with Gasteiger partial charge < -0.3 is 4.74 Å². The summed E-state index contributed by atoms with van der Waals surface area (Å²) in [7, 11) is 3.49. The van der Waals surface area contributed by atoms with Gasteiger partial charge in [0.2, 0.25) is 5.91 Å². The third kappa shape index (κ3) is 3.88. The third-order valence-electron chi connectivity index (χ3n) is 2.19. The number of carbonyl (C=O) groups excluding carboxylic acids is 1. The van der Waals surface area contributed by atoms with E-state index in [1.54, 1.807) is 7.11 Å². The summed E-state index contributed by atoms with van der Waals surface area (Å²) < 4.78 is 5.06. The first-order chi connectivity index (χ1) is 7.65. The highest BCUT2D eigenvalue weighted by atomic mass is 16.5. The molecule has 5 heteroatoms. The summed E-state index contributed by atoms with van der Waals surface area (Å²) in [4.78, 5) is 12.9. The summed E-state index contributed by atoms with van der Waals surface area (Å²) in [5.41, 5.74) is 3.22. The second kappa shape index (κ2) is 6.09. The SMILES string of the molecule is COc1ccc(CN(C)CC(=O)NN)cc1. The van der Waals surface area contributed by atoms with Crippen LogP contribution >= 0.6 is 0 Å². The van der Waals surface area contributed by atoms with Gasteiger partial charge in [0.05, 0.1) is 13.7 Å². The number of rotatable bonds is 5. The van der Waals surface area contributed by atoms with Crippen LogP contribution in [0.4, 0.5) is 0 Å². The van der Waals surface area contributed by atoms with Crippen LogP contribution in [0.5, 0.6) is 5.75 Å². The zero-order valence-electron chi connectivity index (χ0n) is 9.56. The molecular weight excluding hydrogens is 206 g/mol. The summed E-state index contributed by atoms with van der Waals surface area (Å²) in [6, 6.07) is 7.73. The molecule has 5 nitrogen and oxygen atoms in total. The normalized spacial score (nSPS) is 10.2. The van der Waals surface area contributed by atoms with Crippen molar-refractivity contribution in [2.45, 2.75) is 6.54 Å². The topological polar surface area (TPSA) is 67.6 Å². The zero-order valence-corrected chi connectivity index (χ0v) is 9.56. The van der Waals surface area contributed by atoms with Gasteiger partial charge in [0, 0.05) is 6.54 Å². The summed E-state index contributed by atoms with van der Waals surface area (Å²) in [6.45, 7) is 0.972. The number of ether oxygens (including phenoxy) is 1. The first kappa shape index (κ1) is 12.5. The molecule has 0 radical (unpaired) electrons. The number of nitrogens with zero attached hydrogens (tertiary/aromatic N) is 1. The number of nitrogens with one attached hydrogen (secondary N) is 1. The molecule has 0 fully saturated rings. The molecule has 0 bridgehead atoms. The molecule has 1 rings (SSSR count). The Kier molecular flexibility index (Phi) is 4.75. The second-order valence-electron chi connectivity index (χ2n) is 3.59. The van der Waals surface area contributed by atoms with Crippen LogP contribution < -0.4 is 16.0 Å². The van der Waals surface area contributed by atoms with Gasteiger partial charge >= 0.3 is 0 Å². The van der Waals surface area contributed by atoms with Crippen molar-refractivity contribution in [2.75, 3.05) is 20.7 Å². The molecular formula is C11H17N3O2. The number of amides is 1. The summed E-state index contributed by atoms with van der Waals surface area (Å²) in [5, 5.41) is 0. The van der Waals surface area contributed by atoms with Crippen molar-refractivity contribution in [3.63, 3.8) is 0 Å². The van der Waals surface area contributed by atoms with Crippen molar-refractivity contribution in [1.82, 2.24) is 10.3 Å². The molecule has 1 aromatic carbocycles. The first-order valence-electron chi connectivity index (χ1n) is 4.96. The predicted molar refractivity (Wildman–Crippen MR) is 61.7 cm³/mol. The standard InChI is InChI=1S/C11H17N3O2/c1-14(8-11(15)13-12)7-9-3-5-10(16-2)6-4-9/h3-6H,7-8,12H2,1-2H3,(H,13,15). The number of likely N-dealkylation sites (N-methyl/N-ethyl adjacent to an activating group) is 1. The van der Waals surface area contributed by atoms with Crippen molar-refractivity contribution in [2.24, 2.45) is 5.84 Å². The summed E-state index contributed by atoms with van der Waals surface area (Å²) >= 11 is 0. The number of benzene rings is 1. The minimum atomic E-state index is -0.198. The highest BCUT2D eigenvalue weighted by Crippen LogP contribution is 2.12. The van der Waals surface area contributed by atoms with Crippen molar-refractivity contribution >= 4 is 5.91 Å². The lowest BCUT2D eigenvalue weighted by Crippen LogP contribution is -2.38. The quantitative estimate of drug-likeness (QED) is 0.422. The molecule has 0 aliphatic heterocycles. The molecule has 0 saturated carbocycles. The van der Waals surface area contributed by atoms with E-state index < -0.39 is 0 Å². The molecule has 0 aliphatic carbocycles. The summed E-state index contributed by atoms with van der Waals surface area (Å²) in [6.07, 6.45) is 0. The number of hydrogen-bond donors (Lipinski definition) is 2. The van der Waals surface area contributed by atoms with Crippen LogP contribution in [0.15, 0.2) is 24.3 Å². The molecule has 0 heterocycles. The maximum atomic E-state index is 11.0. The van der Waals surface area contributed by atoms with E-state index in [-0.39, 0.29) is 12.5 Å². The van der Waals surface area contributed by atoms with Gasteiger partial charge in [-0.15, -0.1) is 0 Å².